The van der Waals surface area contributed by atoms with Crippen LogP contribution in [-0.2, 0) is 29.8 Å². The van der Waals surface area contributed by atoms with Crippen molar-refractivity contribution in [1.82, 2.24) is 10.2 Å². The molecule has 43 heavy (non-hydrogen) atoms. The maximum atomic E-state index is 14.6. The number of sulfone groups is 1. The molecular weight excluding hydrogens is 585 g/mol. The Hall–Kier alpha value is -3.12. The Balaban J connectivity index is 1.37. The fraction of sp³-hybridized carbons (Fsp3) is 0.548. The number of halogens is 3. The first-order valence-corrected chi connectivity index (χ1v) is 16.4. The first-order chi connectivity index (χ1) is 20.4. The highest BCUT2D eigenvalue weighted by molar-refractivity contribution is 7.91. The van der Waals surface area contributed by atoms with Crippen molar-refractivity contribution in [2.24, 2.45) is 11.3 Å². The number of likely N-dealkylation sites (tertiary alicyclic amines) is 1. The fourth-order valence-electron chi connectivity index (χ4n) is 7.04. The third-order valence-corrected chi connectivity index (χ3v) is 11.2. The van der Waals surface area contributed by atoms with Crippen molar-refractivity contribution in [3.63, 3.8) is 0 Å². The number of nitrogens with one attached hydrogen (secondary N) is 1. The van der Waals surface area contributed by atoms with Crippen molar-refractivity contribution < 1.29 is 40.7 Å². The number of piperidine rings is 2. The molecule has 12 heteroatoms. The summed E-state index contributed by atoms with van der Waals surface area (Å²) >= 11 is 0. The monoisotopic (exact) mass is 622 g/mol. The molecule has 0 bridgehead atoms. The Morgan fingerprint density at radius 2 is 1.74 bits per heavy atom. The molecule has 1 N–H and O–H groups in total. The summed E-state index contributed by atoms with van der Waals surface area (Å²) in [6.45, 7) is 0.624. The first-order valence-electron chi connectivity index (χ1n) is 14.6. The highest BCUT2D eigenvalue weighted by atomic mass is 32.2. The van der Waals surface area contributed by atoms with E-state index in [0.717, 1.165) is 19.1 Å². The molecule has 0 radical (unpaired) electrons. The third kappa shape index (κ3) is 6.13. The molecule has 0 aliphatic carbocycles. The van der Waals surface area contributed by atoms with Crippen molar-refractivity contribution in [2.75, 3.05) is 44.9 Å². The summed E-state index contributed by atoms with van der Waals surface area (Å²) in [7, 11) is -2.19. The predicted octanol–water partition coefficient (Wildman–Crippen LogP) is 4.21. The van der Waals surface area contributed by atoms with Gasteiger partial charge in [0.1, 0.15) is 5.75 Å². The molecule has 5 rings (SSSR count). The third-order valence-electron chi connectivity index (χ3n) is 9.31. The number of hydrogen-bond donors (Lipinski definition) is 1. The van der Waals surface area contributed by atoms with Crippen LogP contribution in [0.3, 0.4) is 0 Å². The van der Waals surface area contributed by atoms with Crippen molar-refractivity contribution in [1.29, 1.82) is 0 Å². The quantitative estimate of drug-likeness (QED) is 0.497. The molecule has 3 saturated heterocycles. The zero-order valence-corrected chi connectivity index (χ0v) is 24.9. The fourth-order valence-corrected chi connectivity index (χ4v) is 8.79. The van der Waals surface area contributed by atoms with E-state index in [1.807, 2.05) is 24.3 Å². The van der Waals surface area contributed by atoms with E-state index in [2.05, 4.69) is 5.32 Å². The van der Waals surface area contributed by atoms with Crippen LogP contribution in [0.4, 0.5) is 13.2 Å². The van der Waals surface area contributed by atoms with Gasteiger partial charge in [0, 0.05) is 50.6 Å². The van der Waals surface area contributed by atoms with Crippen molar-refractivity contribution in [2.45, 2.75) is 49.8 Å². The molecule has 2 aromatic rings. The Morgan fingerprint density at radius 1 is 1.07 bits per heavy atom. The molecule has 2 aromatic carbocycles. The number of benzene rings is 2. The van der Waals surface area contributed by atoms with Gasteiger partial charge < -0.3 is 19.7 Å². The Bertz CT molecular complexity index is 1430. The molecule has 234 valence electrons. The van der Waals surface area contributed by atoms with Crippen molar-refractivity contribution >= 4 is 21.7 Å². The lowest BCUT2D eigenvalue weighted by Gasteiger charge is -2.50. The lowest BCUT2D eigenvalue weighted by Crippen LogP contribution is -2.60. The van der Waals surface area contributed by atoms with Crippen LogP contribution >= 0.6 is 0 Å². The molecule has 0 saturated carbocycles. The molecule has 3 fully saturated rings. The molecule has 3 aliphatic heterocycles. The van der Waals surface area contributed by atoms with E-state index in [9.17, 15) is 31.2 Å². The molecule has 1 unspecified atom stereocenters. The number of alkyl halides is 3. The summed E-state index contributed by atoms with van der Waals surface area (Å²) in [5.74, 6) is -0.753. The van der Waals surface area contributed by atoms with Crippen molar-refractivity contribution in [3.05, 3.63) is 65.7 Å². The van der Waals surface area contributed by atoms with Crippen LogP contribution in [-0.4, -0.2) is 76.2 Å². The Morgan fingerprint density at radius 3 is 2.40 bits per heavy atom. The van der Waals surface area contributed by atoms with Crippen LogP contribution < -0.4 is 10.1 Å². The SMILES string of the molecule is CO[C@@](C(=O)N1CCC2(CC1)CC(=O)NCC2c1ccccc1OC[C@H]1CCCS(=O)(=O)C1)(c1ccccc1)C(F)(F)F. The second-order valence-electron chi connectivity index (χ2n) is 11.9. The highest BCUT2D eigenvalue weighted by Crippen LogP contribution is 2.52. The van der Waals surface area contributed by atoms with Crippen LogP contribution in [0.2, 0.25) is 0 Å². The first kappa shape index (κ1) is 31.3. The van der Waals surface area contributed by atoms with E-state index in [-0.39, 0.29) is 60.9 Å². The number of para-hydroxylation sites is 1. The number of carbonyl (C=O) groups excluding carboxylic acids is 2. The lowest BCUT2D eigenvalue weighted by atomic mass is 9.62. The normalized spacial score (nSPS) is 25.0. The van der Waals surface area contributed by atoms with Crippen LogP contribution in [0.15, 0.2) is 54.6 Å². The van der Waals surface area contributed by atoms with E-state index >= 15 is 0 Å². The molecule has 1 spiro atoms. The zero-order valence-electron chi connectivity index (χ0n) is 24.1. The van der Waals surface area contributed by atoms with Gasteiger partial charge in [0.2, 0.25) is 5.91 Å². The maximum absolute atomic E-state index is 14.6. The Kier molecular flexibility index (Phi) is 8.82. The van der Waals surface area contributed by atoms with Gasteiger partial charge in [-0.1, -0.05) is 48.5 Å². The summed E-state index contributed by atoms with van der Waals surface area (Å²) in [4.78, 5) is 27.5. The van der Waals surface area contributed by atoms with E-state index in [1.165, 1.54) is 29.2 Å². The van der Waals surface area contributed by atoms with Crippen LogP contribution in [0.25, 0.3) is 0 Å². The van der Waals surface area contributed by atoms with Gasteiger partial charge in [-0.05, 0) is 42.7 Å². The van der Waals surface area contributed by atoms with Gasteiger partial charge in [0.25, 0.3) is 11.5 Å². The minimum absolute atomic E-state index is 0.0274. The molecule has 3 heterocycles. The van der Waals surface area contributed by atoms with E-state index in [0.29, 0.717) is 31.6 Å². The number of methoxy groups -OCH3 is 1. The summed E-state index contributed by atoms with van der Waals surface area (Å²) in [6.07, 6.45) is -2.83. The predicted molar refractivity (Wildman–Crippen MR) is 153 cm³/mol. The molecule has 8 nitrogen and oxygen atoms in total. The average Bonchev–Trinajstić information content (AvgIpc) is 2.97. The highest BCUT2D eigenvalue weighted by Gasteiger charge is 2.64. The summed E-state index contributed by atoms with van der Waals surface area (Å²) in [5.41, 5.74) is -3.18. The van der Waals surface area contributed by atoms with Gasteiger partial charge in [0.05, 0.1) is 18.1 Å². The molecule has 0 aromatic heterocycles. The van der Waals surface area contributed by atoms with Gasteiger partial charge in [-0.25, -0.2) is 8.42 Å². The summed E-state index contributed by atoms with van der Waals surface area (Å²) in [6, 6.07) is 14.4. The van der Waals surface area contributed by atoms with E-state index in [4.69, 9.17) is 9.47 Å². The lowest BCUT2D eigenvalue weighted by molar-refractivity contribution is -0.271. The average molecular weight is 623 g/mol. The van der Waals surface area contributed by atoms with Crippen molar-refractivity contribution in [3.8, 4) is 5.75 Å². The Labute approximate surface area is 249 Å². The molecule has 3 aliphatic rings. The summed E-state index contributed by atoms with van der Waals surface area (Å²) in [5, 5.41) is 2.93. The number of hydrogen-bond acceptors (Lipinski definition) is 6. The number of ether oxygens (including phenoxy) is 2. The topological polar surface area (TPSA) is 102 Å². The molecule has 3 atom stereocenters. The zero-order chi connectivity index (χ0) is 30.9. The number of nitrogens with zero attached hydrogens (tertiary/aromatic N) is 1. The van der Waals surface area contributed by atoms with Gasteiger partial charge in [-0.3, -0.25) is 9.59 Å². The number of carbonyl (C=O) groups is 2. The van der Waals surface area contributed by atoms with E-state index in [1.54, 1.807) is 6.07 Å². The summed E-state index contributed by atoms with van der Waals surface area (Å²) < 4.78 is 79.2. The largest absolute Gasteiger partial charge is 0.493 e. The maximum Gasteiger partial charge on any atom is 0.430 e. The smallest absolute Gasteiger partial charge is 0.430 e. The number of amides is 2. The van der Waals surface area contributed by atoms with E-state index < -0.39 is 32.9 Å². The second-order valence-corrected chi connectivity index (χ2v) is 14.1. The van der Waals surface area contributed by atoms with Crippen LogP contribution in [0.5, 0.6) is 5.75 Å². The minimum Gasteiger partial charge on any atom is -0.493 e. The van der Waals surface area contributed by atoms with Crippen LogP contribution in [0, 0.1) is 11.3 Å². The molecule has 2 amide bonds. The standard InChI is InChI=1S/C31H37F3N2O6S/c1-41-30(31(32,33)34,23-9-3-2-4-10-23)28(38)36-15-13-29(14-16-36)18-27(37)35-19-25(29)24-11-5-6-12-26(24)42-20-22-8-7-17-43(39,40)21-22/h2-6,9-12,22,25H,7-8,13-21H2,1H3,(H,35,37)/t22-,25?,30-/m1/s1. The van der Waals surface area contributed by atoms with Gasteiger partial charge in [-0.2, -0.15) is 13.2 Å². The number of rotatable bonds is 7. The van der Waals surface area contributed by atoms with Gasteiger partial charge in [0.15, 0.2) is 9.84 Å². The van der Waals surface area contributed by atoms with Crippen LogP contribution in [0.1, 0.15) is 49.1 Å². The van der Waals surface area contributed by atoms with Gasteiger partial charge in [-0.15, -0.1) is 0 Å². The minimum atomic E-state index is -5.00. The second kappa shape index (κ2) is 12.1. The van der Waals surface area contributed by atoms with Gasteiger partial charge >= 0.3 is 6.18 Å². The molecular formula is C31H37F3N2O6S.